The number of nitro benzene ring substituents is 1. The standard InChI is InChI=1S/C13H17FN2O4/c1-8(2)5-10(17)7-15-13(18)9-3-4-12(16(19)20)11(14)6-9/h3-4,6,8,10,17H,5,7H2,1-2H3,(H,15,18). The average Bonchev–Trinajstić information content (AvgIpc) is 2.34. The maximum Gasteiger partial charge on any atom is 0.304 e. The summed E-state index contributed by atoms with van der Waals surface area (Å²) >= 11 is 0. The van der Waals surface area contributed by atoms with E-state index >= 15 is 0 Å². The van der Waals surface area contributed by atoms with Crippen LogP contribution in [0.1, 0.15) is 30.6 Å². The van der Waals surface area contributed by atoms with Crippen LogP contribution in [-0.2, 0) is 0 Å². The van der Waals surface area contributed by atoms with Crippen molar-refractivity contribution in [3.63, 3.8) is 0 Å². The number of nitro groups is 1. The van der Waals surface area contributed by atoms with E-state index in [9.17, 15) is 24.4 Å². The first-order valence-corrected chi connectivity index (χ1v) is 6.21. The molecule has 2 N–H and O–H groups in total. The lowest BCUT2D eigenvalue weighted by Gasteiger charge is -2.13. The molecule has 0 spiro atoms. The Morgan fingerprint density at radius 2 is 2.15 bits per heavy atom. The molecule has 7 heteroatoms. The summed E-state index contributed by atoms with van der Waals surface area (Å²) in [5.74, 6) is -1.36. The Hall–Kier alpha value is -2.02. The molecule has 0 aliphatic heterocycles. The van der Waals surface area contributed by atoms with E-state index in [0.717, 1.165) is 12.1 Å². The number of hydrogen-bond acceptors (Lipinski definition) is 4. The summed E-state index contributed by atoms with van der Waals surface area (Å²) in [5.41, 5.74) is -0.703. The molecule has 0 radical (unpaired) electrons. The normalized spacial score (nSPS) is 12.2. The number of carbonyl (C=O) groups is 1. The first-order chi connectivity index (χ1) is 9.31. The van der Waals surface area contributed by atoms with Crippen molar-refractivity contribution >= 4 is 11.6 Å². The molecule has 0 saturated carbocycles. The van der Waals surface area contributed by atoms with E-state index in [1.54, 1.807) is 0 Å². The van der Waals surface area contributed by atoms with Crippen LogP contribution in [0, 0.1) is 21.8 Å². The first-order valence-electron chi connectivity index (χ1n) is 6.21. The van der Waals surface area contributed by atoms with E-state index in [1.165, 1.54) is 6.07 Å². The predicted molar refractivity (Wildman–Crippen MR) is 70.8 cm³/mol. The molecule has 1 amide bonds. The number of aliphatic hydroxyl groups excluding tert-OH is 1. The topological polar surface area (TPSA) is 92.5 Å². The van der Waals surface area contributed by atoms with Gasteiger partial charge in [-0.1, -0.05) is 13.8 Å². The van der Waals surface area contributed by atoms with Gasteiger partial charge in [0, 0.05) is 18.2 Å². The van der Waals surface area contributed by atoms with Gasteiger partial charge in [-0.15, -0.1) is 0 Å². The summed E-state index contributed by atoms with van der Waals surface area (Å²) in [7, 11) is 0. The molecule has 0 aromatic heterocycles. The van der Waals surface area contributed by atoms with Crippen molar-refractivity contribution in [3.8, 4) is 0 Å². The van der Waals surface area contributed by atoms with Gasteiger partial charge in [0.25, 0.3) is 5.91 Å². The van der Waals surface area contributed by atoms with Crippen molar-refractivity contribution in [2.75, 3.05) is 6.54 Å². The largest absolute Gasteiger partial charge is 0.391 e. The maximum atomic E-state index is 13.4. The Balaban J connectivity index is 2.64. The molecule has 1 rings (SSSR count). The number of amides is 1. The minimum absolute atomic E-state index is 0.0233. The fourth-order valence-corrected chi connectivity index (χ4v) is 1.74. The molecular formula is C13H17FN2O4. The van der Waals surface area contributed by atoms with Gasteiger partial charge in [-0.05, 0) is 24.5 Å². The second-order valence-corrected chi connectivity index (χ2v) is 4.92. The first kappa shape index (κ1) is 16.0. The number of hydrogen-bond donors (Lipinski definition) is 2. The van der Waals surface area contributed by atoms with E-state index in [0.29, 0.717) is 12.3 Å². The molecule has 0 aliphatic rings. The molecule has 0 fully saturated rings. The molecule has 0 heterocycles. The fraction of sp³-hybridized carbons (Fsp3) is 0.462. The van der Waals surface area contributed by atoms with Crippen LogP contribution in [0.25, 0.3) is 0 Å². The summed E-state index contributed by atoms with van der Waals surface area (Å²) in [6, 6.07) is 2.92. The van der Waals surface area contributed by atoms with Crippen LogP contribution < -0.4 is 5.32 Å². The van der Waals surface area contributed by atoms with Crippen molar-refractivity contribution in [2.24, 2.45) is 5.92 Å². The lowest BCUT2D eigenvalue weighted by Crippen LogP contribution is -2.32. The zero-order chi connectivity index (χ0) is 15.3. The van der Waals surface area contributed by atoms with Gasteiger partial charge in [-0.3, -0.25) is 14.9 Å². The summed E-state index contributed by atoms with van der Waals surface area (Å²) in [4.78, 5) is 21.3. The van der Waals surface area contributed by atoms with Gasteiger partial charge in [-0.2, -0.15) is 4.39 Å². The van der Waals surface area contributed by atoms with Gasteiger partial charge >= 0.3 is 5.69 Å². The molecule has 0 saturated heterocycles. The van der Waals surface area contributed by atoms with Crippen LogP contribution in [0.4, 0.5) is 10.1 Å². The van der Waals surface area contributed by atoms with Crippen LogP contribution in [0.3, 0.4) is 0 Å². The smallest absolute Gasteiger partial charge is 0.304 e. The highest BCUT2D eigenvalue weighted by Gasteiger charge is 2.17. The fourth-order valence-electron chi connectivity index (χ4n) is 1.74. The number of carbonyl (C=O) groups excluding carboxylic acids is 1. The number of nitrogens with zero attached hydrogens (tertiary/aromatic N) is 1. The summed E-state index contributed by atoms with van der Waals surface area (Å²) < 4.78 is 13.4. The zero-order valence-corrected chi connectivity index (χ0v) is 11.3. The second kappa shape index (κ2) is 6.95. The molecule has 1 atom stereocenters. The number of halogens is 1. The lowest BCUT2D eigenvalue weighted by atomic mass is 10.1. The second-order valence-electron chi connectivity index (χ2n) is 4.92. The molecule has 1 aromatic rings. The number of nitrogens with one attached hydrogen (secondary N) is 1. The Morgan fingerprint density at radius 3 is 2.65 bits per heavy atom. The molecule has 20 heavy (non-hydrogen) atoms. The minimum Gasteiger partial charge on any atom is -0.391 e. The highest BCUT2D eigenvalue weighted by molar-refractivity contribution is 5.94. The molecule has 1 unspecified atom stereocenters. The molecule has 110 valence electrons. The molecule has 1 aromatic carbocycles. The monoisotopic (exact) mass is 284 g/mol. The van der Waals surface area contributed by atoms with Crippen molar-refractivity contribution in [1.29, 1.82) is 0 Å². The minimum atomic E-state index is -1.06. The van der Waals surface area contributed by atoms with E-state index < -0.39 is 28.4 Å². The Morgan fingerprint density at radius 1 is 1.50 bits per heavy atom. The highest BCUT2D eigenvalue weighted by atomic mass is 19.1. The van der Waals surface area contributed by atoms with Crippen molar-refractivity contribution in [2.45, 2.75) is 26.4 Å². The molecular weight excluding hydrogens is 267 g/mol. The van der Waals surface area contributed by atoms with Crippen molar-refractivity contribution in [1.82, 2.24) is 5.32 Å². The van der Waals surface area contributed by atoms with E-state index in [-0.39, 0.29) is 12.1 Å². The summed E-state index contributed by atoms with van der Waals surface area (Å²) in [6.07, 6.45) is -0.142. The van der Waals surface area contributed by atoms with Gasteiger partial charge in [0.15, 0.2) is 0 Å². The predicted octanol–water partition coefficient (Wildman–Crippen LogP) is 1.87. The third-order valence-corrected chi connectivity index (χ3v) is 2.65. The van der Waals surface area contributed by atoms with E-state index in [4.69, 9.17) is 0 Å². The maximum absolute atomic E-state index is 13.4. The van der Waals surface area contributed by atoms with E-state index in [1.807, 2.05) is 13.8 Å². The zero-order valence-electron chi connectivity index (χ0n) is 11.3. The Kier molecular flexibility index (Phi) is 5.57. The van der Waals surface area contributed by atoms with Gasteiger partial charge in [0.2, 0.25) is 5.82 Å². The van der Waals surface area contributed by atoms with Crippen LogP contribution in [0.2, 0.25) is 0 Å². The Labute approximate surface area is 115 Å². The number of aliphatic hydroxyl groups is 1. The van der Waals surface area contributed by atoms with Crippen molar-refractivity contribution < 1.29 is 19.2 Å². The third kappa shape index (κ3) is 4.58. The third-order valence-electron chi connectivity index (χ3n) is 2.65. The molecule has 0 aliphatic carbocycles. The van der Waals surface area contributed by atoms with Crippen LogP contribution >= 0.6 is 0 Å². The molecule has 6 nitrogen and oxygen atoms in total. The van der Waals surface area contributed by atoms with Crippen LogP contribution in [-0.4, -0.2) is 28.6 Å². The van der Waals surface area contributed by atoms with Crippen LogP contribution in [0.15, 0.2) is 18.2 Å². The summed E-state index contributed by atoms with van der Waals surface area (Å²) in [5, 5.41) is 22.5. The summed E-state index contributed by atoms with van der Waals surface area (Å²) in [6.45, 7) is 3.93. The van der Waals surface area contributed by atoms with Crippen molar-refractivity contribution in [3.05, 3.63) is 39.7 Å². The average molecular weight is 284 g/mol. The quantitative estimate of drug-likeness (QED) is 0.616. The van der Waals surface area contributed by atoms with Gasteiger partial charge in [-0.25, -0.2) is 0 Å². The Bertz CT molecular complexity index is 505. The number of rotatable bonds is 6. The van der Waals surface area contributed by atoms with Crippen LogP contribution in [0.5, 0.6) is 0 Å². The van der Waals surface area contributed by atoms with Gasteiger partial charge in [0.1, 0.15) is 0 Å². The van der Waals surface area contributed by atoms with E-state index in [2.05, 4.69) is 5.32 Å². The van der Waals surface area contributed by atoms with Gasteiger partial charge < -0.3 is 10.4 Å². The molecule has 0 bridgehead atoms. The highest BCUT2D eigenvalue weighted by Crippen LogP contribution is 2.17. The lowest BCUT2D eigenvalue weighted by molar-refractivity contribution is -0.387. The SMILES string of the molecule is CC(C)CC(O)CNC(=O)c1ccc([N+](=O)[O-])c(F)c1. The van der Waals surface area contributed by atoms with Gasteiger partial charge in [0.05, 0.1) is 11.0 Å². The number of benzene rings is 1.